The molecule has 0 unspecified atom stereocenters. The largest absolute Gasteiger partial charge is 0.436 e. The van der Waals surface area contributed by atoms with Gasteiger partial charge in [-0.2, -0.15) is 0 Å². The first-order valence-corrected chi connectivity index (χ1v) is 10.5. The van der Waals surface area contributed by atoms with Crippen molar-refractivity contribution in [1.82, 2.24) is 4.98 Å². The van der Waals surface area contributed by atoms with Gasteiger partial charge in [-0.15, -0.1) is 0 Å². The number of benzene rings is 3. The summed E-state index contributed by atoms with van der Waals surface area (Å²) < 4.78 is 5.94. The lowest BCUT2D eigenvalue weighted by molar-refractivity contribution is 0.102. The highest BCUT2D eigenvalue weighted by atomic mass is 35.5. The van der Waals surface area contributed by atoms with Crippen LogP contribution in [-0.4, -0.2) is 10.9 Å². The van der Waals surface area contributed by atoms with Gasteiger partial charge in [-0.05, 0) is 72.5 Å². The molecule has 0 radical (unpaired) electrons. The van der Waals surface area contributed by atoms with Gasteiger partial charge in [0.25, 0.3) is 5.91 Å². The minimum Gasteiger partial charge on any atom is -0.436 e. The Morgan fingerprint density at radius 1 is 1.07 bits per heavy atom. The Morgan fingerprint density at radius 2 is 1.83 bits per heavy atom. The van der Waals surface area contributed by atoms with Gasteiger partial charge in [0.15, 0.2) is 5.58 Å². The predicted molar refractivity (Wildman–Crippen MR) is 123 cm³/mol. The van der Waals surface area contributed by atoms with Gasteiger partial charge in [-0.3, -0.25) is 4.79 Å². The fourth-order valence-corrected chi connectivity index (χ4v) is 3.45. The first kappa shape index (κ1) is 20.5. The molecule has 1 heterocycles. The first-order chi connectivity index (χ1) is 14.4. The molecular weight excluding hydrogens is 419 g/mol. The number of hydrogen-bond donors (Lipinski definition) is 1. The molecule has 0 saturated carbocycles. The molecule has 3 aromatic carbocycles. The van der Waals surface area contributed by atoms with Crippen LogP contribution in [0.1, 0.15) is 42.1 Å². The van der Waals surface area contributed by atoms with E-state index in [9.17, 15) is 4.79 Å². The Morgan fingerprint density at radius 3 is 2.57 bits per heavy atom. The molecule has 6 heteroatoms. The molecular formula is C24H20Cl2N2O2. The van der Waals surface area contributed by atoms with E-state index in [0.717, 1.165) is 23.1 Å². The number of rotatable bonds is 5. The smallest absolute Gasteiger partial charge is 0.255 e. The molecule has 0 saturated heterocycles. The van der Waals surface area contributed by atoms with E-state index in [-0.39, 0.29) is 5.91 Å². The number of anilines is 1. The number of fused-ring (bicyclic) bond motifs is 1. The van der Waals surface area contributed by atoms with E-state index in [1.54, 1.807) is 36.4 Å². The summed E-state index contributed by atoms with van der Waals surface area (Å²) >= 11 is 12.2. The molecule has 1 atom stereocenters. The number of oxazole rings is 1. The molecule has 0 aliphatic rings. The summed E-state index contributed by atoms with van der Waals surface area (Å²) in [6.45, 7) is 4.35. The quantitative estimate of drug-likeness (QED) is 0.349. The molecule has 0 spiro atoms. The summed E-state index contributed by atoms with van der Waals surface area (Å²) in [5, 5.41) is 3.83. The Hall–Kier alpha value is -2.82. The van der Waals surface area contributed by atoms with Gasteiger partial charge >= 0.3 is 0 Å². The molecule has 0 aliphatic carbocycles. The van der Waals surface area contributed by atoms with E-state index in [1.165, 1.54) is 5.56 Å². The number of aromatic nitrogens is 1. The Bertz CT molecular complexity index is 1220. The van der Waals surface area contributed by atoms with Gasteiger partial charge in [0.05, 0.1) is 10.7 Å². The fourth-order valence-electron chi connectivity index (χ4n) is 3.16. The summed E-state index contributed by atoms with van der Waals surface area (Å²) in [6.07, 6.45) is 1.06. The summed E-state index contributed by atoms with van der Waals surface area (Å²) in [5.41, 5.74) is 4.46. The van der Waals surface area contributed by atoms with Crippen molar-refractivity contribution in [3.8, 4) is 11.5 Å². The average molecular weight is 439 g/mol. The van der Waals surface area contributed by atoms with E-state index in [4.69, 9.17) is 27.6 Å². The Balaban J connectivity index is 1.64. The third kappa shape index (κ3) is 4.20. The molecule has 152 valence electrons. The molecule has 4 aromatic rings. The monoisotopic (exact) mass is 438 g/mol. The molecule has 1 aromatic heterocycles. The zero-order valence-electron chi connectivity index (χ0n) is 16.6. The standard InChI is InChI=1S/C24H20Cl2N2O2/c1-3-14(2)16-7-11-22-21(12-16)28-24(30-22)17-6-10-19(26)20(13-17)27-23(29)15-4-8-18(25)9-5-15/h4-14H,3H2,1-2H3,(H,27,29)/t14-/m1/s1. The van der Waals surface area contributed by atoms with E-state index in [2.05, 4.69) is 36.3 Å². The van der Waals surface area contributed by atoms with Crippen LogP contribution in [0.3, 0.4) is 0 Å². The van der Waals surface area contributed by atoms with Crippen molar-refractivity contribution >= 4 is 45.9 Å². The predicted octanol–water partition coefficient (Wildman–Crippen LogP) is 7.57. The number of nitrogens with one attached hydrogen (secondary N) is 1. The zero-order chi connectivity index (χ0) is 21.3. The second-order valence-corrected chi connectivity index (χ2v) is 8.05. The van der Waals surface area contributed by atoms with Crippen LogP contribution in [0.4, 0.5) is 5.69 Å². The van der Waals surface area contributed by atoms with Gasteiger partial charge in [-0.25, -0.2) is 4.98 Å². The Labute approximate surface area is 184 Å². The third-order valence-corrected chi connectivity index (χ3v) is 5.74. The topological polar surface area (TPSA) is 55.1 Å². The van der Waals surface area contributed by atoms with Crippen molar-refractivity contribution in [3.63, 3.8) is 0 Å². The highest BCUT2D eigenvalue weighted by Gasteiger charge is 2.14. The van der Waals surface area contributed by atoms with Crippen LogP contribution in [0.25, 0.3) is 22.6 Å². The van der Waals surface area contributed by atoms with Crippen molar-refractivity contribution in [1.29, 1.82) is 0 Å². The van der Waals surface area contributed by atoms with Crippen molar-refractivity contribution in [2.45, 2.75) is 26.2 Å². The molecule has 1 N–H and O–H groups in total. The normalized spacial score (nSPS) is 12.1. The SMILES string of the molecule is CC[C@@H](C)c1ccc2oc(-c3ccc(Cl)c(NC(=O)c4ccc(Cl)cc4)c3)nc2c1. The molecule has 1 amide bonds. The number of hydrogen-bond acceptors (Lipinski definition) is 3. The highest BCUT2D eigenvalue weighted by molar-refractivity contribution is 6.34. The van der Waals surface area contributed by atoms with Crippen LogP contribution in [0, 0.1) is 0 Å². The Kier molecular flexibility index (Phi) is 5.80. The third-order valence-electron chi connectivity index (χ3n) is 5.16. The summed E-state index contributed by atoms with van der Waals surface area (Å²) in [7, 11) is 0. The van der Waals surface area contributed by atoms with Crippen LogP contribution in [0.2, 0.25) is 10.0 Å². The number of halogens is 2. The molecule has 0 fully saturated rings. The average Bonchev–Trinajstić information content (AvgIpc) is 3.18. The zero-order valence-corrected chi connectivity index (χ0v) is 18.1. The maximum Gasteiger partial charge on any atom is 0.255 e. The van der Waals surface area contributed by atoms with Crippen LogP contribution >= 0.6 is 23.2 Å². The lowest BCUT2D eigenvalue weighted by atomic mass is 9.98. The molecule has 0 bridgehead atoms. The van der Waals surface area contributed by atoms with Gasteiger partial charge in [0.1, 0.15) is 5.52 Å². The number of nitrogens with zero attached hydrogens (tertiary/aromatic N) is 1. The number of carbonyl (C=O) groups is 1. The molecule has 0 aliphatic heterocycles. The van der Waals surface area contributed by atoms with Crippen molar-refractivity contribution in [2.24, 2.45) is 0 Å². The maximum atomic E-state index is 12.5. The number of amides is 1. The lowest BCUT2D eigenvalue weighted by Gasteiger charge is -2.08. The van der Waals surface area contributed by atoms with E-state index in [0.29, 0.717) is 33.1 Å². The molecule has 4 rings (SSSR count). The minimum atomic E-state index is -0.276. The minimum absolute atomic E-state index is 0.276. The molecule has 4 nitrogen and oxygen atoms in total. The van der Waals surface area contributed by atoms with E-state index >= 15 is 0 Å². The van der Waals surface area contributed by atoms with Crippen molar-refractivity contribution in [3.05, 3.63) is 81.8 Å². The van der Waals surface area contributed by atoms with Crippen LogP contribution < -0.4 is 5.32 Å². The maximum absolute atomic E-state index is 12.5. The fraction of sp³-hybridized carbons (Fsp3) is 0.167. The molecule has 30 heavy (non-hydrogen) atoms. The van der Waals surface area contributed by atoms with E-state index < -0.39 is 0 Å². The van der Waals surface area contributed by atoms with Crippen LogP contribution in [0.5, 0.6) is 0 Å². The van der Waals surface area contributed by atoms with Crippen molar-refractivity contribution < 1.29 is 9.21 Å². The lowest BCUT2D eigenvalue weighted by Crippen LogP contribution is -2.12. The highest BCUT2D eigenvalue weighted by Crippen LogP contribution is 2.32. The van der Waals surface area contributed by atoms with Gasteiger partial charge in [0, 0.05) is 16.1 Å². The van der Waals surface area contributed by atoms with Gasteiger partial charge in [-0.1, -0.05) is 43.1 Å². The first-order valence-electron chi connectivity index (χ1n) is 9.72. The van der Waals surface area contributed by atoms with Gasteiger partial charge < -0.3 is 9.73 Å². The number of carbonyl (C=O) groups excluding carboxylic acids is 1. The van der Waals surface area contributed by atoms with Crippen LogP contribution in [-0.2, 0) is 0 Å². The second-order valence-electron chi connectivity index (χ2n) is 7.21. The van der Waals surface area contributed by atoms with Crippen molar-refractivity contribution in [2.75, 3.05) is 5.32 Å². The summed E-state index contributed by atoms with van der Waals surface area (Å²) in [6, 6.07) is 18.0. The summed E-state index contributed by atoms with van der Waals surface area (Å²) in [5.74, 6) is 0.659. The summed E-state index contributed by atoms with van der Waals surface area (Å²) in [4.78, 5) is 17.2. The van der Waals surface area contributed by atoms with Crippen LogP contribution in [0.15, 0.2) is 65.1 Å². The van der Waals surface area contributed by atoms with Gasteiger partial charge in [0.2, 0.25) is 5.89 Å². The second kappa shape index (κ2) is 8.50. The van der Waals surface area contributed by atoms with E-state index in [1.807, 2.05) is 12.1 Å².